The van der Waals surface area contributed by atoms with E-state index in [-0.39, 0.29) is 18.5 Å². The first kappa shape index (κ1) is 13.5. The van der Waals surface area contributed by atoms with Crippen LogP contribution in [0.3, 0.4) is 0 Å². The predicted molar refractivity (Wildman–Crippen MR) is 60.8 cm³/mol. The van der Waals surface area contributed by atoms with Crippen molar-refractivity contribution in [3.63, 3.8) is 0 Å². The molecule has 0 aromatic carbocycles. The van der Waals surface area contributed by atoms with Crippen LogP contribution in [0.1, 0.15) is 33.1 Å². The molecule has 5 heteroatoms. The number of amides is 1. The number of ether oxygens (including phenoxy) is 1. The number of nitrogens with zero attached hydrogens (tertiary/aromatic N) is 2. The summed E-state index contributed by atoms with van der Waals surface area (Å²) in [4.78, 5) is 24.9. The van der Waals surface area contributed by atoms with Crippen LogP contribution in [-0.4, -0.2) is 36.0 Å². The van der Waals surface area contributed by atoms with E-state index in [4.69, 9.17) is 10.00 Å². The van der Waals surface area contributed by atoms with Gasteiger partial charge in [0.2, 0.25) is 5.91 Å². The molecule has 94 valence electrons. The first-order valence-corrected chi connectivity index (χ1v) is 5.99. The zero-order valence-electron chi connectivity index (χ0n) is 10.3. The molecule has 0 N–H and O–H groups in total. The second kappa shape index (κ2) is 6.24. The number of hydrogen-bond acceptors (Lipinski definition) is 4. The Kier molecular flexibility index (Phi) is 4.95. The molecular weight excluding hydrogens is 220 g/mol. The van der Waals surface area contributed by atoms with Crippen LogP contribution in [0.25, 0.3) is 0 Å². The third kappa shape index (κ3) is 3.74. The Balaban J connectivity index is 2.62. The Hall–Kier alpha value is -1.57. The van der Waals surface area contributed by atoms with Crippen molar-refractivity contribution in [3.8, 4) is 6.07 Å². The fourth-order valence-electron chi connectivity index (χ4n) is 1.64. The molecule has 1 rings (SSSR count). The molecule has 5 nitrogen and oxygen atoms in total. The van der Waals surface area contributed by atoms with Crippen molar-refractivity contribution in [2.45, 2.75) is 39.2 Å². The van der Waals surface area contributed by atoms with E-state index >= 15 is 0 Å². The van der Waals surface area contributed by atoms with Gasteiger partial charge in [-0.2, -0.15) is 5.26 Å². The van der Waals surface area contributed by atoms with Crippen LogP contribution < -0.4 is 0 Å². The molecule has 1 unspecified atom stereocenters. The first-order valence-electron chi connectivity index (χ1n) is 5.99. The first-order chi connectivity index (χ1) is 8.13. The second-order valence-electron chi connectivity index (χ2n) is 4.09. The molecule has 0 radical (unpaired) electrons. The molecule has 1 aliphatic rings. The number of esters is 1. The van der Waals surface area contributed by atoms with Crippen LogP contribution in [0.15, 0.2) is 0 Å². The van der Waals surface area contributed by atoms with Gasteiger partial charge in [0.1, 0.15) is 12.5 Å². The van der Waals surface area contributed by atoms with Crippen LogP contribution in [0.2, 0.25) is 0 Å². The average Bonchev–Trinajstić information content (AvgIpc) is 3.11. The van der Waals surface area contributed by atoms with Crippen molar-refractivity contribution in [2.24, 2.45) is 5.92 Å². The van der Waals surface area contributed by atoms with E-state index in [9.17, 15) is 9.59 Å². The van der Waals surface area contributed by atoms with E-state index in [0.717, 1.165) is 12.8 Å². The normalized spacial score (nSPS) is 15.8. The van der Waals surface area contributed by atoms with Crippen molar-refractivity contribution in [2.75, 3.05) is 13.2 Å². The fraction of sp³-hybridized carbons (Fsp3) is 0.750. The summed E-state index contributed by atoms with van der Waals surface area (Å²) in [6.07, 6.45) is 2.29. The monoisotopic (exact) mass is 238 g/mol. The molecule has 0 spiro atoms. The molecule has 1 saturated carbocycles. The van der Waals surface area contributed by atoms with E-state index < -0.39 is 11.9 Å². The molecule has 1 fully saturated rings. The van der Waals surface area contributed by atoms with Crippen molar-refractivity contribution in [1.82, 2.24) is 4.90 Å². The molecular formula is C12H18N2O3. The van der Waals surface area contributed by atoms with Gasteiger partial charge in [0.25, 0.3) is 0 Å². The third-order valence-electron chi connectivity index (χ3n) is 2.74. The SMILES string of the molecule is CCOC(=O)CN(C(=O)C(C#N)CC)C1CC1. The summed E-state index contributed by atoms with van der Waals surface area (Å²) in [7, 11) is 0. The van der Waals surface area contributed by atoms with Gasteiger partial charge in [-0.1, -0.05) is 6.92 Å². The highest BCUT2D eigenvalue weighted by Gasteiger charge is 2.36. The Bertz CT molecular complexity index is 331. The van der Waals surface area contributed by atoms with Gasteiger partial charge in [-0.25, -0.2) is 0 Å². The Morgan fingerprint density at radius 2 is 2.12 bits per heavy atom. The molecule has 0 bridgehead atoms. The zero-order valence-corrected chi connectivity index (χ0v) is 10.3. The van der Waals surface area contributed by atoms with Gasteiger partial charge in [-0.15, -0.1) is 0 Å². The maximum atomic E-state index is 12.0. The molecule has 1 aliphatic carbocycles. The standard InChI is InChI=1S/C12H18N2O3/c1-3-9(7-13)12(16)14(10-5-6-10)8-11(15)17-4-2/h9-10H,3-6,8H2,1-2H3. The highest BCUT2D eigenvalue weighted by molar-refractivity contribution is 5.85. The third-order valence-corrected chi connectivity index (χ3v) is 2.74. The lowest BCUT2D eigenvalue weighted by Crippen LogP contribution is -2.41. The summed E-state index contributed by atoms with van der Waals surface area (Å²) in [6, 6.07) is 2.10. The number of hydrogen-bond donors (Lipinski definition) is 0. The number of rotatable bonds is 6. The lowest BCUT2D eigenvalue weighted by atomic mass is 10.1. The summed E-state index contributed by atoms with van der Waals surface area (Å²) in [5.41, 5.74) is 0. The Morgan fingerprint density at radius 3 is 2.53 bits per heavy atom. The minimum atomic E-state index is -0.648. The molecule has 1 atom stereocenters. The van der Waals surface area contributed by atoms with E-state index in [2.05, 4.69) is 0 Å². The minimum absolute atomic E-state index is 0.0322. The average molecular weight is 238 g/mol. The fourth-order valence-corrected chi connectivity index (χ4v) is 1.64. The molecule has 17 heavy (non-hydrogen) atoms. The van der Waals surface area contributed by atoms with E-state index in [1.54, 1.807) is 13.8 Å². The van der Waals surface area contributed by atoms with Gasteiger partial charge < -0.3 is 9.64 Å². The van der Waals surface area contributed by atoms with E-state index in [1.807, 2.05) is 6.07 Å². The highest BCUT2D eigenvalue weighted by atomic mass is 16.5. The van der Waals surface area contributed by atoms with Crippen LogP contribution >= 0.6 is 0 Å². The van der Waals surface area contributed by atoms with Gasteiger partial charge in [-0.05, 0) is 26.2 Å². The summed E-state index contributed by atoms with van der Waals surface area (Å²) < 4.78 is 4.83. The lowest BCUT2D eigenvalue weighted by molar-refractivity contribution is -0.150. The van der Waals surface area contributed by atoms with Crippen molar-refractivity contribution < 1.29 is 14.3 Å². The van der Waals surface area contributed by atoms with Gasteiger partial charge in [-0.3, -0.25) is 9.59 Å². The molecule has 0 aromatic heterocycles. The van der Waals surface area contributed by atoms with Crippen molar-refractivity contribution in [3.05, 3.63) is 0 Å². The predicted octanol–water partition coefficient (Wildman–Crippen LogP) is 1.09. The van der Waals surface area contributed by atoms with Gasteiger partial charge in [0.15, 0.2) is 0 Å². The Labute approximate surface area is 101 Å². The quantitative estimate of drug-likeness (QED) is 0.649. The minimum Gasteiger partial charge on any atom is -0.465 e. The number of carbonyl (C=O) groups is 2. The van der Waals surface area contributed by atoms with Crippen molar-refractivity contribution >= 4 is 11.9 Å². The van der Waals surface area contributed by atoms with Gasteiger partial charge in [0.05, 0.1) is 12.7 Å². The topological polar surface area (TPSA) is 70.4 Å². The molecule has 0 aromatic rings. The summed E-state index contributed by atoms with van der Waals surface area (Å²) in [5.74, 6) is -1.30. The summed E-state index contributed by atoms with van der Waals surface area (Å²) in [5, 5.41) is 8.87. The number of nitriles is 1. The molecule has 0 saturated heterocycles. The number of carbonyl (C=O) groups excluding carboxylic acids is 2. The smallest absolute Gasteiger partial charge is 0.325 e. The largest absolute Gasteiger partial charge is 0.465 e. The van der Waals surface area contributed by atoms with Crippen molar-refractivity contribution in [1.29, 1.82) is 5.26 Å². The molecule has 0 aliphatic heterocycles. The van der Waals surface area contributed by atoms with E-state index in [0.29, 0.717) is 13.0 Å². The highest BCUT2D eigenvalue weighted by Crippen LogP contribution is 2.28. The summed E-state index contributed by atoms with van der Waals surface area (Å²) >= 11 is 0. The van der Waals surface area contributed by atoms with Crippen LogP contribution in [0, 0.1) is 17.2 Å². The Morgan fingerprint density at radius 1 is 1.47 bits per heavy atom. The maximum Gasteiger partial charge on any atom is 0.325 e. The van der Waals surface area contributed by atoms with Gasteiger partial charge in [0, 0.05) is 6.04 Å². The van der Waals surface area contributed by atoms with Gasteiger partial charge >= 0.3 is 5.97 Å². The lowest BCUT2D eigenvalue weighted by Gasteiger charge is -2.23. The second-order valence-corrected chi connectivity index (χ2v) is 4.09. The zero-order chi connectivity index (χ0) is 12.8. The maximum absolute atomic E-state index is 12.0. The van der Waals surface area contributed by atoms with Crippen LogP contribution in [-0.2, 0) is 14.3 Å². The van der Waals surface area contributed by atoms with E-state index in [1.165, 1.54) is 4.90 Å². The summed E-state index contributed by atoms with van der Waals surface area (Å²) in [6.45, 7) is 3.79. The van der Waals surface area contributed by atoms with Crippen LogP contribution in [0.5, 0.6) is 0 Å². The molecule has 0 heterocycles. The van der Waals surface area contributed by atoms with Crippen LogP contribution in [0.4, 0.5) is 0 Å². The molecule has 1 amide bonds.